The minimum absolute atomic E-state index is 0.181. The van der Waals surface area contributed by atoms with Crippen LogP contribution in [0.5, 0.6) is 5.75 Å². The standard InChI is InChI=1S/C12H8F4O6/c1-4-6(13)8(15)9(16)10(7(4)14)22-12(18)20-3-5-2-19-11(17)21-5/h5H,2-3H2,1H3. The van der Waals surface area contributed by atoms with Crippen LogP contribution in [-0.4, -0.2) is 31.6 Å². The van der Waals surface area contributed by atoms with Crippen LogP contribution in [0.4, 0.5) is 27.2 Å². The molecule has 1 unspecified atom stereocenters. The van der Waals surface area contributed by atoms with Crippen molar-refractivity contribution in [2.75, 3.05) is 13.2 Å². The summed E-state index contributed by atoms with van der Waals surface area (Å²) in [5, 5.41) is 0. The van der Waals surface area contributed by atoms with E-state index in [1.807, 2.05) is 0 Å². The highest BCUT2D eigenvalue weighted by molar-refractivity contribution is 5.65. The Morgan fingerprint density at radius 3 is 2.45 bits per heavy atom. The zero-order valence-corrected chi connectivity index (χ0v) is 11.0. The van der Waals surface area contributed by atoms with Crippen LogP contribution in [0, 0.1) is 30.2 Å². The van der Waals surface area contributed by atoms with Crippen molar-refractivity contribution >= 4 is 12.3 Å². The van der Waals surface area contributed by atoms with E-state index in [1.54, 1.807) is 0 Å². The predicted molar refractivity (Wildman–Crippen MR) is 59.2 cm³/mol. The molecule has 2 rings (SSSR count). The maximum Gasteiger partial charge on any atom is 0.514 e. The Labute approximate surface area is 120 Å². The lowest BCUT2D eigenvalue weighted by molar-refractivity contribution is 0.0490. The number of benzene rings is 1. The third kappa shape index (κ3) is 3.05. The molecule has 1 saturated heterocycles. The van der Waals surface area contributed by atoms with Crippen molar-refractivity contribution in [1.82, 2.24) is 0 Å². The first-order valence-corrected chi connectivity index (χ1v) is 5.81. The van der Waals surface area contributed by atoms with E-state index >= 15 is 0 Å². The minimum atomic E-state index is -2.01. The van der Waals surface area contributed by atoms with Gasteiger partial charge in [0.1, 0.15) is 13.2 Å². The van der Waals surface area contributed by atoms with Crippen LogP contribution < -0.4 is 4.74 Å². The Balaban J connectivity index is 2.04. The summed E-state index contributed by atoms with van der Waals surface area (Å²) in [5.41, 5.74) is -0.861. The molecule has 1 atom stereocenters. The zero-order valence-electron chi connectivity index (χ0n) is 11.0. The number of carbonyl (C=O) groups is 2. The maximum atomic E-state index is 13.6. The zero-order chi connectivity index (χ0) is 16.4. The van der Waals surface area contributed by atoms with Gasteiger partial charge < -0.3 is 18.9 Å². The topological polar surface area (TPSA) is 71.1 Å². The van der Waals surface area contributed by atoms with Gasteiger partial charge in [0, 0.05) is 5.56 Å². The smallest absolute Gasteiger partial charge is 0.430 e. The fraction of sp³-hybridized carbons (Fsp3) is 0.333. The van der Waals surface area contributed by atoms with Gasteiger partial charge in [0.15, 0.2) is 23.6 Å². The van der Waals surface area contributed by atoms with E-state index < -0.39 is 59.6 Å². The fourth-order valence-corrected chi connectivity index (χ4v) is 1.53. The van der Waals surface area contributed by atoms with Crippen molar-refractivity contribution in [3.05, 3.63) is 28.8 Å². The van der Waals surface area contributed by atoms with Gasteiger partial charge in [0.05, 0.1) is 0 Å². The maximum absolute atomic E-state index is 13.6. The normalized spacial score (nSPS) is 17.0. The van der Waals surface area contributed by atoms with Gasteiger partial charge in [-0.05, 0) is 6.92 Å². The largest absolute Gasteiger partial charge is 0.514 e. The van der Waals surface area contributed by atoms with Crippen molar-refractivity contribution in [3.63, 3.8) is 0 Å². The van der Waals surface area contributed by atoms with E-state index in [2.05, 4.69) is 18.9 Å². The van der Waals surface area contributed by atoms with Crippen LogP contribution in [-0.2, 0) is 14.2 Å². The Morgan fingerprint density at radius 1 is 1.18 bits per heavy atom. The van der Waals surface area contributed by atoms with Crippen LogP contribution in [0.2, 0.25) is 0 Å². The number of ether oxygens (including phenoxy) is 4. The first-order valence-electron chi connectivity index (χ1n) is 5.81. The highest BCUT2D eigenvalue weighted by Crippen LogP contribution is 2.29. The minimum Gasteiger partial charge on any atom is -0.430 e. The summed E-state index contributed by atoms with van der Waals surface area (Å²) in [4.78, 5) is 21.9. The molecule has 1 aromatic rings. The lowest BCUT2D eigenvalue weighted by Gasteiger charge is -2.11. The molecule has 1 aliphatic heterocycles. The molecule has 0 bridgehead atoms. The highest BCUT2D eigenvalue weighted by Gasteiger charge is 2.29. The second-order valence-corrected chi connectivity index (χ2v) is 4.17. The summed E-state index contributed by atoms with van der Waals surface area (Å²) in [6.45, 7) is 0.149. The van der Waals surface area contributed by atoms with Crippen LogP contribution in [0.15, 0.2) is 0 Å². The SMILES string of the molecule is Cc1c(F)c(F)c(F)c(OC(=O)OCC2COC(=O)O2)c1F. The highest BCUT2D eigenvalue weighted by atomic mass is 19.2. The quantitative estimate of drug-likeness (QED) is 0.280. The van der Waals surface area contributed by atoms with Gasteiger partial charge in [-0.15, -0.1) is 0 Å². The summed E-state index contributed by atoms with van der Waals surface area (Å²) in [7, 11) is 0. The molecule has 0 amide bonds. The van der Waals surface area contributed by atoms with Gasteiger partial charge in [-0.2, -0.15) is 4.39 Å². The van der Waals surface area contributed by atoms with E-state index in [-0.39, 0.29) is 6.61 Å². The molecule has 0 aliphatic carbocycles. The molecular formula is C12H8F4O6. The van der Waals surface area contributed by atoms with Crippen molar-refractivity contribution in [1.29, 1.82) is 0 Å². The van der Waals surface area contributed by atoms with E-state index in [1.165, 1.54) is 0 Å². The summed E-state index contributed by atoms with van der Waals surface area (Å²) in [5.74, 6) is -8.73. The molecule has 0 aromatic heterocycles. The third-order valence-electron chi connectivity index (χ3n) is 2.67. The molecule has 22 heavy (non-hydrogen) atoms. The van der Waals surface area contributed by atoms with Crippen LogP contribution >= 0.6 is 0 Å². The van der Waals surface area contributed by atoms with Crippen molar-refractivity contribution in [3.8, 4) is 5.75 Å². The van der Waals surface area contributed by atoms with E-state index in [0.29, 0.717) is 0 Å². The lowest BCUT2D eigenvalue weighted by Crippen LogP contribution is -2.23. The second kappa shape index (κ2) is 6.08. The molecule has 1 heterocycles. The number of rotatable bonds is 3. The van der Waals surface area contributed by atoms with Crippen molar-refractivity contribution in [2.45, 2.75) is 13.0 Å². The molecule has 0 saturated carbocycles. The van der Waals surface area contributed by atoms with Crippen LogP contribution in [0.1, 0.15) is 5.56 Å². The van der Waals surface area contributed by atoms with E-state index in [9.17, 15) is 27.2 Å². The molecule has 1 aromatic carbocycles. The molecular weight excluding hydrogens is 316 g/mol. The van der Waals surface area contributed by atoms with Gasteiger partial charge >= 0.3 is 12.3 Å². The Bertz CT molecular complexity index is 604. The molecule has 0 radical (unpaired) electrons. The number of halogens is 4. The average molecular weight is 324 g/mol. The van der Waals surface area contributed by atoms with Gasteiger partial charge in [0.2, 0.25) is 11.6 Å². The molecule has 0 N–H and O–H groups in total. The molecule has 120 valence electrons. The second-order valence-electron chi connectivity index (χ2n) is 4.17. The van der Waals surface area contributed by atoms with Gasteiger partial charge in [-0.3, -0.25) is 0 Å². The fourth-order valence-electron chi connectivity index (χ4n) is 1.53. The molecule has 10 heteroatoms. The number of hydrogen-bond donors (Lipinski definition) is 0. The molecule has 1 aliphatic rings. The molecule has 6 nitrogen and oxygen atoms in total. The van der Waals surface area contributed by atoms with Gasteiger partial charge in [-0.1, -0.05) is 0 Å². The van der Waals surface area contributed by atoms with Gasteiger partial charge in [-0.25, -0.2) is 22.8 Å². The summed E-state index contributed by atoms with van der Waals surface area (Å²) in [6, 6.07) is 0. The lowest BCUT2D eigenvalue weighted by atomic mass is 10.2. The average Bonchev–Trinajstić information content (AvgIpc) is 2.91. The Hall–Kier alpha value is -2.52. The van der Waals surface area contributed by atoms with Gasteiger partial charge in [0.25, 0.3) is 0 Å². The summed E-state index contributed by atoms with van der Waals surface area (Å²) in [6.07, 6.45) is -3.46. The van der Waals surface area contributed by atoms with Crippen molar-refractivity contribution < 1.29 is 46.1 Å². The first kappa shape index (κ1) is 15.9. The number of hydrogen-bond acceptors (Lipinski definition) is 6. The van der Waals surface area contributed by atoms with Crippen molar-refractivity contribution in [2.24, 2.45) is 0 Å². The first-order chi connectivity index (χ1) is 10.3. The van der Waals surface area contributed by atoms with Crippen LogP contribution in [0.25, 0.3) is 0 Å². The number of cyclic esters (lactones) is 2. The summed E-state index contributed by atoms with van der Waals surface area (Å²) < 4.78 is 70.7. The molecule has 0 spiro atoms. The number of carbonyl (C=O) groups excluding carboxylic acids is 2. The monoisotopic (exact) mass is 324 g/mol. The van der Waals surface area contributed by atoms with E-state index in [0.717, 1.165) is 6.92 Å². The Kier molecular flexibility index (Phi) is 4.38. The van der Waals surface area contributed by atoms with E-state index in [4.69, 9.17) is 0 Å². The van der Waals surface area contributed by atoms with Crippen LogP contribution in [0.3, 0.4) is 0 Å². The predicted octanol–water partition coefficient (Wildman–Crippen LogP) is 2.60. The molecule has 1 fully saturated rings. The Morgan fingerprint density at radius 2 is 1.86 bits per heavy atom. The third-order valence-corrected chi connectivity index (χ3v) is 2.67. The summed E-state index contributed by atoms with van der Waals surface area (Å²) >= 11 is 0.